The molecule has 0 bridgehead atoms. The van der Waals surface area contributed by atoms with Gasteiger partial charge in [0.25, 0.3) is 0 Å². The molecule has 0 heterocycles. The molecule has 0 N–H and O–H groups in total. The largest absolute Gasteiger partial charge is 0.214 e. The Kier molecular flexibility index (Phi) is 6.79. The minimum Gasteiger partial charge on any atom is -0.214 e. The maximum absolute atomic E-state index is 2.00. The van der Waals surface area contributed by atoms with Crippen LogP contribution in [0.3, 0.4) is 0 Å². The molecule has 0 aliphatic rings. The molecule has 0 aliphatic heterocycles. The van der Waals surface area contributed by atoms with Crippen molar-refractivity contribution in [1.29, 1.82) is 0 Å². The van der Waals surface area contributed by atoms with E-state index in [1.165, 1.54) is 0 Å². The molecule has 0 aliphatic carbocycles. The molecule has 0 nitrogen and oxygen atoms in total. The summed E-state index contributed by atoms with van der Waals surface area (Å²) in [4.78, 5) is 0. The van der Waals surface area contributed by atoms with E-state index in [2.05, 4.69) is 0 Å². The summed E-state index contributed by atoms with van der Waals surface area (Å²) in [6.07, 6.45) is 0. The molecular formula is C10H10Co-2. The van der Waals surface area contributed by atoms with Crippen LogP contribution in [-0.4, -0.2) is 0 Å². The topological polar surface area (TPSA) is 0 Å². The van der Waals surface area contributed by atoms with Gasteiger partial charge in [-0.2, -0.15) is 36.4 Å². The van der Waals surface area contributed by atoms with Crippen molar-refractivity contribution in [2.24, 2.45) is 0 Å². The Hall–Kier alpha value is -0.794. The first kappa shape index (κ1) is 10.2. The van der Waals surface area contributed by atoms with Crippen LogP contribution in [-0.2, 0) is 16.8 Å². The van der Waals surface area contributed by atoms with E-state index in [1.54, 1.807) is 0 Å². The molecule has 11 heavy (non-hydrogen) atoms. The summed E-state index contributed by atoms with van der Waals surface area (Å²) in [6.45, 7) is 0. The van der Waals surface area contributed by atoms with Crippen LogP contribution in [0.5, 0.6) is 0 Å². The van der Waals surface area contributed by atoms with E-state index in [-0.39, 0.29) is 16.8 Å². The third-order valence-electron chi connectivity index (χ3n) is 1.11. The zero-order chi connectivity index (χ0) is 7.07. The molecule has 0 amide bonds. The third kappa shape index (κ3) is 5.64. The molecule has 1 heteroatoms. The van der Waals surface area contributed by atoms with E-state index in [9.17, 15) is 0 Å². The number of hydrogen-bond acceptors (Lipinski definition) is 0. The average Bonchev–Trinajstić information content (AvgIpc) is 2.67. The predicted molar refractivity (Wildman–Crippen MR) is 44.1 cm³/mol. The predicted octanol–water partition coefficient (Wildman–Crippen LogP) is 2.81. The van der Waals surface area contributed by atoms with Gasteiger partial charge in [0.1, 0.15) is 0 Å². The first-order chi connectivity index (χ1) is 5.00. The second-order valence-electron chi connectivity index (χ2n) is 1.92. The number of hydrogen-bond donors (Lipinski definition) is 0. The standard InChI is InChI=1S/2C5H5.Co/c2*1-2-4-5-3-1;/h2*1-5H;/q2*-1;. The van der Waals surface area contributed by atoms with Crippen molar-refractivity contribution in [3.8, 4) is 0 Å². The Morgan fingerprint density at radius 2 is 0.818 bits per heavy atom. The minimum absolute atomic E-state index is 0. The van der Waals surface area contributed by atoms with Crippen LogP contribution in [0.15, 0.2) is 60.7 Å². The molecule has 0 saturated heterocycles. The fourth-order valence-electron chi connectivity index (χ4n) is 0.642. The van der Waals surface area contributed by atoms with Gasteiger partial charge in [0.05, 0.1) is 0 Å². The average molecular weight is 189 g/mol. The van der Waals surface area contributed by atoms with Gasteiger partial charge in [-0.3, -0.25) is 0 Å². The normalized spacial score (nSPS) is 7.27. The van der Waals surface area contributed by atoms with Crippen LogP contribution in [0.2, 0.25) is 0 Å². The Labute approximate surface area is 77.8 Å². The quantitative estimate of drug-likeness (QED) is 0.559. The van der Waals surface area contributed by atoms with E-state index in [1.807, 2.05) is 60.7 Å². The molecule has 0 saturated carbocycles. The zero-order valence-electron chi connectivity index (χ0n) is 6.11. The fourth-order valence-corrected chi connectivity index (χ4v) is 0.642. The van der Waals surface area contributed by atoms with Gasteiger partial charge in [-0.1, -0.05) is 0 Å². The molecule has 0 aromatic heterocycles. The van der Waals surface area contributed by atoms with Crippen molar-refractivity contribution in [1.82, 2.24) is 0 Å². The van der Waals surface area contributed by atoms with Gasteiger partial charge >= 0.3 is 0 Å². The molecule has 61 valence electrons. The van der Waals surface area contributed by atoms with Crippen LogP contribution in [0, 0.1) is 0 Å². The Morgan fingerprint density at radius 3 is 0.909 bits per heavy atom. The summed E-state index contributed by atoms with van der Waals surface area (Å²) < 4.78 is 0. The summed E-state index contributed by atoms with van der Waals surface area (Å²) in [7, 11) is 0. The Bertz CT molecular complexity index is 144. The third-order valence-corrected chi connectivity index (χ3v) is 1.11. The monoisotopic (exact) mass is 189 g/mol. The van der Waals surface area contributed by atoms with Gasteiger partial charge in [-0.25, -0.2) is 24.3 Å². The van der Waals surface area contributed by atoms with Crippen LogP contribution >= 0.6 is 0 Å². The van der Waals surface area contributed by atoms with E-state index in [4.69, 9.17) is 0 Å². The SMILES string of the molecule is [Co].c1cc[cH-]c1.c1cc[cH-]c1. The molecular weight excluding hydrogens is 179 g/mol. The van der Waals surface area contributed by atoms with E-state index >= 15 is 0 Å². The number of rotatable bonds is 0. The smallest absolute Gasteiger partial charge is 0 e. The van der Waals surface area contributed by atoms with E-state index in [0.29, 0.717) is 0 Å². The van der Waals surface area contributed by atoms with E-state index in [0.717, 1.165) is 0 Å². The molecule has 0 unspecified atom stereocenters. The van der Waals surface area contributed by atoms with Gasteiger partial charge in [0.2, 0.25) is 0 Å². The van der Waals surface area contributed by atoms with Crippen LogP contribution in [0.1, 0.15) is 0 Å². The molecule has 2 aromatic rings. The van der Waals surface area contributed by atoms with Crippen LogP contribution < -0.4 is 0 Å². The second-order valence-corrected chi connectivity index (χ2v) is 1.92. The summed E-state index contributed by atoms with van der Waals surface area (Å²) in [5.41, 5.74) is 0. The Morgan fingerprint density at radius 1 is 0.545 bits per heavy atom. The first-order valence-electron chi connectivity index (χ1n) is 3.33. The van der Waals surface area contributed by atoms with Gasteiger partial charge < -0.3 is 0 Å². The van der Waals surface area contributed by atoms with Crippen molar-refractivity contribution in [3.05, 3.63) is 60.7 Å². The van der Waals surface area contributed by atoms with Crippen molar-refractivity contribution in [2.45, 2.75) is 0 Å². The maximum atomic E-state index is 2.00. The van der Waals surface area contributed by atoms with Gasteiger partial charge in [-0.15, -0.1) is 0 Å². The van der Waals surface area contributed by atoms with Crippen LogP contribution in [0.4, 0.5) is 0 Å². The molecule has 0 fully saturated rings. The molecule has 1 radical (unpaired) electrons. The summed E-state index contributed by atoms with van der Waals surface area (Å²) >= 11 is 0. The molecule has 2 aromatic carbocycles. The maximum Gasteiger partial charge on any atom is 0 e. The Balaban J connectivity index is 0.000000167. The second kappa shape index (κ2) is 7.32. The van der Waals surface area contributed by atoms with Gasteiger partial charge in [0, 0.05) is 16.8 Å². The van der Waals surface area contributed by atoms with Gasteiger partial charge in [0.15, 0.2) is 0 Å². The summed E-state index contributed by atoms with van der Waals surface area (Å²) in [5, 5.41) is 0. The summed E-state index contributed by atoms with van der Waals surface area (Å²) in [6, 6.07) is 20.0. The molecule has 2 rings (SSSR count). The van der Waals surface area contributed by atoms with Crippen LogP contribution in [0.25, 0.3) is 0 Å². The van der Waals surface area contributed by atoms with E-state index < -0.39 is 0 Å². The van der Waals surface area contributed by atoms with Crippen molar-refractivity contribution >= 4 is 0 Å². The molecule has 0 atom stereocenters. The molecule has 0 spiro atoms. The first-order valence-corrected chi connectivity index (χ1v) is 3.33. The zero-order valence-corrected chi connectivity index (χ0v) is 7.15. The van der Waals surface area contributed by atoms with Crippen molar-refractivity contribution < 1.29 is 16.8 Å². The van der Waals surface area contributed by atoms with Crippen molar-refractivity contribution in [2.75, 3.05) is 0 Å². The fraction of sp³-hybridized carbons (Fsp3) is 0. The summed E-state index contributed by atoms with van der Waals surface area (Å²) in [5.74, 6) is 0. The van der Waals surface area contributed by atoms with Gasteiger partial charge in [-0.05, 0) is 0 Å². The minimum atomic E-state index is 0. The van der Waals surface area contributed by atoms with Crippen molar-refractivity contribution in [3.63, 3.8) is 0 Å².